The first kappa shape index (κ1) is 17.0. The fraction of sp³-hybridized carbons (Fsp3) is 0.471. The van der Waals surface area contributed by atoms with Crippen molar-refractivity contribution in [3.05, 3.63) is 47.3 Å². The third kappa shape index (κ3) is 3.79. The number of aryl methyl sites for hydroxylation is 1. The number of methoxy groups -OCH3 is 1. The predicted octanol–water partition coefficient (Wildman–Crippen LogP) is 2.11. The lowest BCUT2D eigenvalue weighted by atomic mass is 10.1. The molecule has 2 heterocycles. The van der Waals surface area contributed by atoms with E-state index in [4.69, 9.17) is 4.74 Å². The Morgan fingerprint density at radius 1 is 1.29 bits per heavy atom. The van der Waals surface area contributed by atoms with Gasteiger partial charge < -0.3 is 9.64 Å². The van der Waals surface area contributed by atoms with Crippen LogP contribution in [0.5, 0.6) is 0 Å². The smallest absolute Gasteiger partial charge is 0.233 e. The number of rotatable bonds is 7. The van der Waals surface area contributed by atoms with E-state index in [0.29, 0.717) is 25.4 Å². The maximum absolute atomic E-state index is 12.0. The van der Waals surface area contributed by atoms with Gasteiger partial charge in [0.1, 0.15) is 11.1 Å². The standard InChI is InChI=1S/C17H22N4O2S/c1-3-13-4-6-14(7-5-13)10-20-11-15(18-19-20)17-21(8-9-23-2)16(22)12-24-17/h4-7,11,17H,3,8-10,12H2,1-2H3/t17-/m0/s1. The molecule has 0 aliphatic carbocycles. The minimum atomic E-state index is -0.0659. The summed E-state index contributed by atoms with van der Waals surface area (Å²) >= 11 is 1.59. The van der Waals surface area contributed by atoms with Crippen LogP contribution in [-0.4, -0.2) is 51.8 Å². The minimum absolute atomic E-state index is 0.0659. The van der Waals surface area contributed by atoms with E-state index in [2.05, 4.69) is 41.5 Å². The zero-order valence-electron chi connectivity index (χ0n) is 14.0. The molecule has 0 saturated carbocycles. The number of amides is 1. The molecular formula is C17H22N4O2S. The highest BCUT2D eigenvalue weighted by atomic mass is 32.2. The minimum Gasteiger partial charge on any atom is -0.383 e. The summed E-state index contributed by atoms with van der Waals surface area (Å²) in [4.78, 5) is 13.8. The van der Waals surface area contributed by atoms with Gasteiger partial charge >= 0.3 is 0 Å². The van der Waals surface area contributed by atoms with Crippen LogP contribution in [0, 0.1) is 0 Å². The van der Waals surface area contributed by atoms with Crippen molar-refractivity contribution in [2.45, 2.75) is 25.3 Å². The predicted molar refractivity (Wildman–Crippen MR) is 93.7 cm³/mol. The van der Waals surface area contributed by atoms with E-state index in [9.17, 15) is 4.79 Å². The van der Waals surface area contributed by atoms with Gasteiger partial charge in [0.15, 0.2) is 0 Å². The molecule has 1 atom stereocenters. The van der Waals surface area contributed by atoms with E-state index in [1.54, 1.807) is 18.9 Å². The summed E-state index contributed by atoms with van der Waals surface area (Å²) in [5.74, 6) is 0.617. The van der Waals surface area contributed by atoms with Crippen LogP contribution >= 0.6 is 11.8 Å². The molecule has 128 valence electrons. The first-order chi connectivity index (χ1) is 11.7. The molecule has 1 aliphatic heterocycles. The molecule has 1 aliphatic rings. The lowest BCUT2D eigenvalue weighted by Gasteiger charge is -2.21. The monoisotopic (exact) mass is 346 g/mol. The molecule has 24 heavy (non-hydrogen) atoms. The Kier molecular flexibility index (Phi) is 5.52. The molecule has 0 radical (unpaired) electrons. The number of benzene rings is 1. The van der Waals surface area contributed by atoms with Crippen LogP contribution in [0.3, 0.4) is 0 Å². The largest absolute Gasteiger partial charge is 0.383 e. The van der Waals surface area contributed by atoms with Crippen LogP contribution in [0.1, 0.15) is 29.1 Å². The van der Waals surface area contributed by atoms with Gasteiger partial charge in [0.2, 0.25) is 5.91 Å². The highest BCUT2D eigenvalue weighted by Crippen LogP contribution is 2.37. The Hall–Kier alpha value is -1.86. The van der Waals surface area contributed by atoms with Gasteiger partial charge in [0, 0.05) is 13.7 Å². The van der Waals surface area contributed by atoms with Crippen molar-refractivity contribution in [1.82, 2.24) is 19.9 Å². The van der Waals surface area contributed by atoms with Gasteiger partial charge in [-0.1, -0.05) is 36.4 Å². The van der Waals surface area contributed by atoms with Gasteiger partial charge in [0.05, 0.1) is 25.1 Å². The van der Waals surface area contributed by atoms with Crippen molar-refractivity contribution in [2.75, 3.05) is 26.0 Å². The van der Waals surface area contributed by atoms with Crippen molar-refractivity contribution in [1.29, 1.82) is 0 Å². The molecule has 1 amide bonds. The Labute approximate surface area is 146 Å². The highest BCUT2D eigenvalue weighted by molar-refractivity contribution is 8.00. The number of nitrogens with zero attached hydrogens (tertiary/aromatic N) is 4. The molecule has 1 fully saturated rings. The van der Waals surface area contributed by atoms with E-state index < -0.39 is 0 Å². The van der Waals surface area contributed by atoms with Gasteiger partial charge in [-0.2, -0.15) is 0 Å². The van der Waals surface area contributed by atoms with Gasteiger partial charge in [-0.3, -0.25) is 4.79 Å². The van der Waals surface area contributed by atoms with Crippen LogP contribution < -0.4 is 0 Å². The van der Waals surface area contributed by atoms with Crippen LogP contribution in [0.2, 0.25) is 0 Å². The molecule has 0 spiro atoms. The Balaban J connectivity index is 1.69. The molecule has 0 unspecified atom stereocenters. The topological polar surface area (TPSA) is 60.2 Å². The quantitative estimate of drug-likeness (QED) is 0.768. The van der Waals surface area contributed by atoms with E-state index in [1.165, 1.54) is 11.1 Å². The van der Waals surface area contributed by atoms with Gasteiger partial charge in [-0.25, -0.2) is 4.68 Å². The van der Waals surface area contributed by atoms with Crippen LogP contribution in [0.15, 0.2) is 30.5 Å². The van der Waals surface area contributed by atoms with Gasteiger partial charge in [-0.05, 0) is 17.5 Å². The molecule has 1 aromatic carbocycles. The summed E-state index contributed by atoms with van der Waals surface area (Å²) in [5.41, 5.74) is 3.34. The molecule has 0 N–H and O–H groups in total. The van der Waals surface area contributed by atoms with E-state index in [0.717, 1.165) is 12.1 Å². The Morgan fingerprint density at radius 3 is 2.75 bits per heavy atom. The number of aromatic nitrogens is 3. The lowest BCUT2D eigenvalue weighted by Crippen LogP contribution is -2.31. The Bertz CT molecular complexity index is 686. The molecule has 7 heteroatoms. The first-order valence-electron chi connectivity index (χ1n) is 8.09. The summed E-state index contributed by atoms with van der Waals surface area (Å²) in [6.45, 7) is 3.94. The normalized spacial score (nSPS) is 17.7. The maximum Gasteiger partial charge on any atom is 0.233 e. The molecule has 2 aromatic rings. The molecule has 6 nitrogen and oxygen atoms in total. The lowest BCUT2D eigenvalue weighted by molar-refractivity contribution is -0.128. The zero-order valence-corrected chi connectivity index (χ0v) is 14.8. The number of ether oxygens (including phenoxy) is 1. The van der Waals surface area contributed by atoms with E-state index in [-0.39, 0.29) is 11.3 Å². The van der Waals surface area contributed by atoms with E-state index in [1.807, 2.05) is 15.8 Å². The van der Waals surface area contributed by atoms with Crippen molar-refractivity contribution >= 4 is 17.7 Å². The summed E-state index contributed by atoms with van der Waals surface area (Å²) in [7, 11) is 1.64. The SMILES string of the molecule is CCc1ccc(Cn2cc([C@@H]3SCC(=O)N3CCOC)nn2)cc1. The second-order valence-electron chi connectivity index (χ2n) is 5.75. The van der Waals surface area contributed by atoms with Crippen LogP contribution in [0.4, 0.5) is 0 Å². The third-order valence-corrected chi connectivity index (χ3v) is 5.31. The average Bonchev–Trinajstić information content (AvgIpc) is 3.20. The maximum atomic E-state index is 12.0. The summed E-state index contributed by atoms with van der Waals surface area (Å²) in [6.07, 6.45) is 2.97. The zero-order chi connectivity index (χ0) is 16.9. The summed E-state index contributed by atoms with van der Waals surface area (Å²) in [6, 6.07) is 8.54. The number of thioether (sulfide) groups is 1. The fourth-order valence-corrected chi connectivity index (χ4v) is 3.85. The van der Waals surface area contributed by atoms with Crippen molar-refractivity contribution in [3.8, 4) is 0 Å². The molecular weight excluding hydrogens is 324 g/mol. The second kappa shape index (κ2) is 7.81. The van der Waals surface area contributed by atoms with Crippen LogP contribution in [0.25, 0.3) is 0 Å². The first-order valence-corrected chi connectivity index (χ1v) is 9.14. The molecule has 3 rings (SSSR count). The number of carbonyl (C=O) groups is 1. The van der Waals surface area contributed by atoms with Crippen molar-refractivity contribution < 1.29 is 9.53 Å². The van der Waals surface area contributed by atoms with Gasteiger partial charge in [-0.15, -0.1) is 16.9 Å². The van der Waals surface area contributed by atoms with Gasteiger partial charge in [0.25, 0.3) is 0 Å². The van der Waals surface area contributed by atoms with Crippen molar-refractivity contribution in [2.24, 2.45) is 0 Å². The summed E-state index contributed by atoms with van der Waals surface area (Å²) < 4.78 is 6.92. The molecule has 0 bridgehead atoms. The average molecular weight is 346 g/mol. The Morgan fingerprint density at radius 2 is 2.04 bits per heavy atom. The second-order valence-corrected chi connectivity index (χ2v) is 6.82. The number of hydrogen-bond donors (Lipinski definition) is 0. The number of hydrogen-bond acceptors (Lipinski definition) is 5. The van der Waals surface area contributed by atoms with Crippen LogP contribution in [-0.2, 0) is 22.5 Å². The summed E-state index contributed by atoms with van der Waals surface area (Å²) in [5, 5.41) is 8.43. The fourth-order valence-electron chi connectivity index (χ4n) is 2.70. The number of carbonyl (C=O) groups excluding carboxylic acids is 1. The highest BCUT2D eigenvalue weighted by Gasteiger charge is 2.34. The van der Waals surface area contributed by atoms with E-state index >= 15 is 0 Å². The van der Waals surface area contributed by atoms with Crippen molar-refractivity contribution in [3.63, 3.8) is 0 Å². The molecule has 1 saturated heterocycles. The third-order valence-electron chi connectivity index (χ3n) is 4.09. The molecule has 1 aromatic heterocycles.